The van der Waals surface area contributed by atoms with Crippen LogP contribution >= 0.6 is 0 Å². The Morgan fingerprint density at radius 3 is 1.66 bits per heavy atom. The van der Waals surface area contributed by atoms with Crippen LogP contribution in [-0.2, 0) is 0 Å². The molecule has 0 saturated heterocycles. The molecule has 9 aromatic carbocycles. The van der Waals surface area contributed by atoms with Gasteiger partial charge in [0.25, 0.3) is 0 Å². The Balaban J connectivity index is 1.13. The molecule has 0 fully saturated rings. The SMILES string of the molecule is c1ccc2cc(-c3ccc(N(c4ccc5c(c4)oc4ccccc45)c4ccc(-c5ccc6ccccc6c5)c5c4oc4ccccc45)cc3)ccc2c1. The average Bonchev–Trinajstić information content (AvgIpc) is 3.80. The van der Waals surface area contributed by atoms with Crippen LogP contribution in [0.4, 0.5) is 17.1 Å². The van der Waals surface area contributed by atoms with Gasteiger partial charge in [-0.2, -0.15) is 0 Å². The van der Waals surface area contributed by atoms with Gasteiger partial charge in [-0.25, -0.2) is 0 Å². The molecule has 0 aliphatic rings. The highest BCUT2D eigenvalue weighted by molar-refractivity contribution is 6.17. The summed E-state index contributed by atoms with van der Waals surface area (Å²) < 4.78 is 13.3. The summed E-state index contributed by atoms with van der Waals surface area (Å²) in [5.41, 5.74) is 11.0. The van der Waals surface area contributed by atoms with E-state index in [0.29, 0.717) is 0 Å². The lowest BCUT2D eigenvalue weighted by atomic mass is 9.96. The van der Waals surface area contributed by atoms with Crippen LogP contribution in [0.5, 0.6) is 0 Å². The van der Waals surface area contributed by atoms with Gasteiger partial charge in [0.15, 0.2) is 5.58 Å². The number of anilines is 3. The minimum absolute atomic E-state index is 0.833. The molecule has 0 amide bonds. The topological polar surface area (TPSA) is 29.5 Å². The van der Waals surface area contributed by atoms with Gasteiger partial charge in [-0.3, -0.25) is 0 Å². The van der Waals surface area contributed by atoms with E-state index in [-0.39, 0.29) is 0 Å². The largest absolute Gasteiger partial charge is 0.456 e. The first-order valence-electron chi connectivity index (χ1n) is 18.0. The average molecular weight is 678 g/mol. The molecule has 248 valence electrons. The zero-order valence-electron chi connectivity index (χ0n) is 28.7. The maximum absolute atomic E-state index is 6.86. The second-order valence-electron chi connectivity index (χ2n) is 13.7. The molecule has 0 aliphatic heterocycles. The summed E-state index contributed by atoms with van der Waals surface area (Å²) in [4.78, 5) is 2.30. The van der Waals surface area contributed by atoms with Crippen molar-refractivity contribution in [3.05, 3.63) is 188 Å². The highest BCUT2D eigenvalue weighted by Gasteiger charge is 2.23. The van der Waals surface area contributed by atoms with Gasteiger partial charge in [-0.05, 0) is 98.4 Å². The van der Waals surface area contributed by atoms with Crippen molar-refractivity contribution in [3.8, 4) is 22.3 Å². The fourth-order valence-corrected chi connectivity index (χ4v) is 8.04. The molecule has 0 N–H and O–H groups in total. The highest BCUT2D eigenvalue weighted by Crippen LogP contribution is 2.47. The molecule has 3 heteroatoms. The van der Waals surface area contributed by atoms with E-state index in [1.54, 1.807) is 0 Å². The van der Waals surface area contributed by atoms with E-state index >= 15 is 0 Å². The van der Waals surface area contributed by atoms with Crippen molar-refractivity contribution in [3.63, 3.8) is 0 Å². The molecule has 11 rings (SSSR count). The summed E-state index contributed by atoms with van der Waals surface area (Å²) in [5, 5.41) is 9.29. The van der Waals surface area contributed by atoms with Crippen molar-refractivity contribution in [2.45, 2.75) is 0 Å². The number of nitrogens with zero attached hydrogens (tertiary/aromatic N) is 1. The van der Waals surface area contributed by atoms with Crippen molar-refractivity contribution in [2.75, 3.05) is 4.90 Å². The Bertz CT molecular complexity index is 3180. The third kappa shape index (κ3) is 4.82. The van der Waals surface area contributed by atoms with Crippen LogP contribution < -0.4 is 4.90 Å². The Kier molecular flexibility index (Phi) is 6.55. The molecule has 0 unspecified atom stereocenters. The fraction of sp³-hybridized carbons (Fsp3) is 0. The van der Waals surface area contributed by atoms with Crippen molar-refractivity contribution >= 4 is 82.5 Å². The maximum atomic E-state index is 6.86. The van der Waals surface area contributed by atoms with Gasteiger partial charge in [0, 0.05) is 33.3 Å². The second-order valence-corrected chi connectivity index (χ2v) is 13.7. The van der Waals surface area contributed by atoms with E-state index in [0.717, 1.165) is 77.6 Å². The summed E-state index contributed by atoms with van der Waals surface area (Å²) in [7, 11) is 0. The normalized spacial score (nSPS) is 11.8. The number of hydrogen-bond donors (Lipinski definition) is 0. The Morgan fingerprint density at radius 2 is 0.906 bits per heavy atom. The smallest absolute Gasteiger partial charge is 0.160 e. The standard InChI is InChI=1S/C50H31NO2/c1-3-11-35-29-37(19-17-32(35)9-1)34-21-23-39(24-22-34)51(40-25-26-43-42-13-5-7-15-46(42)52-48(43)31-40)45-28-27-41(38-20-18-33-10-2-4-12-36(33)30-38)49-44-14-6-8-16-47(44)53-50(45)49/h1-31H. The first-order chi connectivity index (χ1) is 26.2. The molecule has 0 atom stereocenters. The molecule has 53 heavy (non-hydrogen) atoms. The van der Waals surface area contributed by atoms with Crippen LogP contribution in [0.15, 0.2) is 197 Å². The van der Waals surface area contributed by atoms with Crippen molar-refractivity contribution < 1.29 is 8.83 Å². The number of fused-ring (bicyclic) bond motifs is 8. The predicted molar refractivity (Wildman–Crippen MR) is 222 cm³/mol. The molecule has 0 aliphatic carbocycles. The van der Waals surface area contributed by atoms with E-state index in [2.05, 4.69) is 175 Å². The van der Waals surface area contributed by atoms with Crippen LogP contribution in [0, 0.1) is 0 Å². The molecule has 0 bridgehead atoms. The number of para-hydroxylation sites is 2. The first kappa shape index (κ1) is 29.6. The molecular weight excluding hydrogens is 647 g/mol. The van der Waals surface area contributed by atoms with Gasteiger partial charge in [0.1, 0.15) is 16.7 Å². The van der Waals surface area contributed by atoms with E-state index in [4.69, 9.17) is 8.83 Å². The zero-order chi connectivity index (χ0) is 34.9. The molecule has 3 nitrogen and oxygen atoms in total. The molecule has 2 aromatic heterocycles. The Hall–Kier alpha value is -7.10. The van der Waals surface area contributed by atoms with E-state index in [9.17, 15) is 0 Å². The minimum atomic E-state index is 0.833. The number of furan rings is 2. The molecule has 0 saturated carbocycles. The number of hydrogen-bond acceptors (Lipinski definition) is 3. The number of rotatable bonds is 5. The third-order valence-electron chi connectivity index (χ3n) is 10.6. The monoisotopic (exact) mass is 677 g/mol. The summed E-state index contributed by atoms with van der Waals surface area (Å²) in [6.07, 6.45) is 0. The molecule has 2 heterocycles. The van der Waals surface area contributed by atoms with Gasteiger partial charge in [-0.1, -0.05) is 127 Å². The molecular formula is C50H31NO2. The lowest BCUT2D eigenvalue weighted by molar-refractivity contribution is 0.667. The first-order valence-corrected chi connectivity index (χ1v) is 18.0. The van der Waals surface area contributed by atoms with E-state index < -0.39 is 0 Å². The minimum Gasteiger partial charge on any atom is -0.456 e. The lowest BCUT2D eigenvalue weighted by Crippen LogP contribution is -2.10. The van der Waals surface area contributed by atoms with Gasteiger partial charge >= 0.3 is 0 Å². The van der Waals surface area contributed by atoms with Crippen molar-refractivity contribution in [2.24, 2.45) is 0 Å². The number of benzene rings is 9. The highest BCUT2D eigenvalue weighted by atomic mass is 16.3. The fourth-order valence-electron chi connectivity index (χ4n) is 8.04. The molecule has 11 aromatic rings. The van der Waals surface area contributed by atoms with Crippen molar-refractivity contribution in [1.29, 1.82) is 0 Å². The van der Waals surface area contributed by atoms with Crippen LogP contribution in [0.3, 0.4) is 0 Å². The van der Waals surface area contributed by atoms with Gasteiger partial charge in [0.2, 0.25) is 0 Å². The summed E-state index contributed by atoms with van der Waals surface area (Å²) in [5.74, 6) is 0. The third-order valence-corrected chi connectivity index (χ3v) is 10.6. The molecule has 0 radical (unpaired) electrons. The second kappa shape index (κ2) is 11.7. The molecule has 0 spiro atoms. The van der Waals surface area contributed by atoms with Crippen molar-refractivity contribution in [1.82, 2.24) is 0 Å². The van der Waals surface area contributed by atoms with E-state index in [1.807, 2.05) is 18.2 Å². The van der Waals surface area contributed by atoms with E-state index in [1.165, 1.54) is 27.1 Å². The summed E-state index contributed by atoms with van der Waals surface area (Å²) >= 11 is 0. The van der Waals surface area contributed by atoms with Crippen LogP contribution in [0.25, 0.3) is 87.7 Å². The lowest BCUT2D eigenvalue weighted by Gasteiger charge is -2.26. The Morgan fingerprint density at radius 1 is 0.340 bits per heavy atom. The van der Waals surface area contributed by atoms with Gasteiger partial charge in [0.05, 0.1) is 11.4 Å². The quantitative estimate of drug-likeness (QED) is 0.182. The zero-order valence-corrected chi connectivity index (χ0v) is 28.7. The maximum Gasteiger partial charge on any atom is 0.160 e. The van der Waals surface area contributed by atoms with Crippen LogP contribution in [0.1, 0.15) is 0 Å². The van der Waals surface area contributed by atoms with Gasteiger partial charge in [-0.15, -0.1) is 0 Å². The predicted octanol–water partition coefficient (Wildman–Crippen LogP) is 14.6. The Labute approximate surface area is 305 Å². The van der Waals surface area contributed by atoms with Gasteiger partial charge < -0.3 is 13.7 Å². The summed E-state index contributed by atoms with van der Waals surface area (Å²) in [6, 6.07) is 66.8. The van der Waals surface area contributed by atoms with Crippen LogP contribution in [-0.4, -0.2) is 0 Å². The summed E-state index contributed by atoms with van der Waals surface area (Å²) in [6.45, 7) is 0. The van der Waals surface area contributed by atoms with Crippen LogP contribution in [0.2, 0.25) is 0 Å².